The number of anilines is 3. The summed E-state index contributed by atoms with van der Waals surface area (Å²) in [6.07, 6.45) is 1.85. The van der Waals surface area contributed by atoms with Crippen molar-refractivity contribution in [3.8, 4) is 0 Å². The molecular weight excluding hydrogens is 260 g/mol. The molecule has 2 aromatic rings. The Kier molecular flexibility index (Phi) is 3.18. The zero-order valence-corrected chi connectivity index (χ0v) is 11.3. The van der Waals surface area contributed by atoms with E-state index < -0.39 is 0 Å². The number of fused-ring (bicyclic) bond motifs is 1. The van der Waals surface area contributed by atoms with Crippen molar-refractivity contribution in [2.75, 3.05) is 23.8 Å². The predicted octanol–water partition coefficient (Wildman–Crippen LogP) is 1.95. The van der Waals surface area contributed by atoms with E-state index in [9.17, 15) is 4.79 Å². The minimum absolute atomic E-state index is 0.0101. The van der Waals surface area contributed by atoms with Gasteiger partial charge in [-0.3, -0.25) is 4.79 Å². The van der Waals surface area contributed by atoms with E-state index in [2.05, 4.69) is 15.6 Å². The Morgan fingerprint density at radius 1 is 1.47 bits per heavy atom. The normalized spacial score (nSPS) is 14.2. The van der Waals surface area contributed by atoms with Gasteiger partial charge in [0, 0.05) is 17.6 Å². The van der Waals surface area contributed by atoms with Crippen molar-refractivity contribution in [1.82, 2.24) is 10.3 Å². The van der Waals surface area contributed by atoms with Crippen molar-refractivity contribution in [1.29, 1.82) is 0 Å². The molecule has 5 nitrogen and oxygen atoms in total. The van der Waals surface area contributed by atoms with Gasteiger partial charge in [0.15, 0.2) is 5.13 Å². The molecule has 98 valence electrons. The minimum atomic E-state index is -0.0101. The number of hydrogen-bond donors (Lipinski definition) is 2. The van der Waals surface area contributed by atoms with Crippen LogP contribution in [-0.2, 0) is 11.3 Å². The molecule has 0 radical (unpaired) electrons. The van der Waals surface area contributed by atoms with E-state index in [0.717, 1.165) is 27.9 Å². The average molecular weight is 274 g/mol. The molecule has 0 atom stereocenters. The maximum absolute atomic E-state index is 11.8. The number of nitrogens with one attached hydrogen (secondary N) is 2. The van der Waals surface area contributed by atoms with Crippen LogP contribution in [0.2, 0.25) is 0 Å². The van der Waals surface area contributed by atoms with Crippen LogP contribution < -0.4 is 15.5 Å². The summed E-state index contributed by atoms with van der Waals surface area (Å²) in [5, 5.41) is 6.83. The lowest BCUT2D eigenvalue weighted by Gasteiger charge is -2.28. The fourth-order valence-corrected chi connectivity index (χ4v) is 3.02. The molecule has 1 aromatic carbocycles. The molecule has 0 aliphatic carbocycles. The molecule has 0 saturated heterocycles. The van der Waals surface area contributed by atoms with Crippen molar-refractivity contribution in [2.24, 2.45) is 0 Å². The second-order valence-electron chi connectivity index (χ2n) is 4.29. The summed E-state index contributed by atoms with van der Waals surface area (Å²) in [7, 11) is 1.91. The van der Waals surface area contributed by atoms with E-state index in [-0.39, 0.29) is 5.91 Å². The van der Waals surface area contributed by atoms with E-state index in [1.165, 1.54) is 0 Å². The summed E-state index contributed by atoms with van der Waals surface area (Å²) in [6, 6.07) is 7.78. The molecule has 0 saturated carbocycles. The van der Waals surface area contributed by atoms with Gasteiger partial charge < -0.3 is 15.5 Å². The van der Waals surface area contributed by atoms with Gasteiger partial charge in [0.1, 0.15) is 6.54 Å². The lowest BCUT2D eigenvalue weighted by atomic mass is 10.2. The van der Waals surface area contributed by atoms with Crippen LogP contribution in [0.1, 0.15) is 4.88 Å². The number of hydrogen-bond acceptors (Lipinski definition) is 5. The Morgan fingerprint density at radius 3 is 3.16 bits per heavy atom. The Labute approximate surface area is 115 Å². The zero-order chi connectivity index (χ0) is 13.2. The topological polar surface area (TPSA) is 57.3 Å². The predicted molar refractivity (Wildman–Crippen MR) is 77.0 cm³/mol. The number of carbonyl (C=O) groups excluding carboxylic acids is 1. The SMILES string of the molecule is CNCc1cnc(N2CC(=O)Nc3ccccc32)s1. The first-order chi connectivity index (χ1) is 9.28. The van der Waals surface area contributed by atoms with E-state index in [0.29, 0.717) is 6.54 Å². The molecule has 1 amide bonds. The highest BCUT2D eigenvalue weighted by atomic mass is 32.1. The van der Waals surface area contributed by atoms with E-state index in [4.69, 9.17) is 0 Å². The third kappa shape index (κ3) is 2.32. The summed E-state index contributed by atoms with van der Waals surface area (Å²) in [4.78, 5) is 19.3. The molecule has 0 unspecified atom stereocenters. The summed E-state index contributed by atoms with van der Waals surface area (Å²) >= 11 is 1.60. The second kappa shape index (κ2) is 4.99. The summed E-state index contributed by atoms with van der Waals surface area (Å²) in [6.45, 7) is 1.10. The van der Waals surface area contributed by atoms with Crippen molar-refractivity contribution < 1.29 is 4.79 Å². The molecule has 1 aliphatic heterocycles. The highest BCUT2D eigenvalue weighted by molar-refractivity contribution is 7.15. The minimum Gasteiger partial charge on any atom is -0.323 e. The Hall–Kier alpha value is -1.92. The number of rotatable bonds is 3. The van der Waals surface area contributed by atoms with Crippen LogP contribution in [0, 0.1) is 0 Å². The third-order valence-electron chi connectivity index (χ3n) is 2.89. The van der Waals surface area contributed by atoms with Crippen LogP contribution in [0.15, 0.2) is 30.5 Å². The van der Waals surface area contributed by atoms with Crippen molar-refractivity contribution in [3.63, 3.8) is 0 Å². The number of para-hydroxylation sites is 2. The Bertz CT molecular complexity index is 610. The first-order valence-corrected chi connectivity index (χ1v) is 6.85. The summed E-state index contributed by atoms with van der Waals surface area (Å²) < 4.78 is 0. The Morgan fingerprint density at radius 2 is 2.32 bits per heavy atom. The molecule has 0 bridgehead atoms. The quantitative estimate of drug-likeness (QED) is 0.898. The second-order valence-corrected chi connectivity index (χ2v) is 5.38. The number of nitrogens with zero attached hydrogens (tertiary/aromatic N) is 2. The fourth-order valence-electron chi connectivity index (χ4n) is 2.08. The Balaban J connectivity index is 1.97. The summed E-state index contributed by atoms with van der Waals surface area (Å²) in [5.74, 6) is -0.0101. The van der Waals surface area contributed by atoms with Crippen LogP contribution in [0.25, 0.3) is 0 Å². The fraction of sp³-hybridized carbons (Fsp3) is 0.231. The van der Waals surface area contributed by atoms with Crippen LogP contribution in [0.3, 0.4) is 0 Å². The first kappa shape index (κ1) is 12.1. The lowest BCUT2D eigenvalue weighted by molar-refractivity contribution is -0.115. The van der Waals surface area contributed by atoms with Crippen molar-refractivity contribution >= 4 is 33.8 Å². The van der Waals surface area contributed by atoms with Gasteiger partial charge in [-0.25, -0.2) is 4.98 Å². The number of thiazole rings is 1. The molecule has 3 rings (SSSR count). The molecule has 1 aromatic heterocycles. The molecule has 19 heavy (non-hydrogen) atoms. The smallest absolute Gasteiger partial charge is 0.244 e. The van der Waals surface area contributed by atoms with Crippen LogP contribution >= 0.6 is 11.3 Å². The first-order valence-electron chi connectivity index (χ1n) is 6.03. The van der Waals surface area contributed by atoms with Crippen LogP contribution in [0.4, 0.5) is 16.5 Å². The zero-order valence-electron chi connectivity index (χ0n) is 10.5. The average Bonchev–Trinajstić information content (AvgIpc) is 2.86. The molecule has 6 heteroatoms. The van der Waals surface area contributed by atoms with Gasteiger partial charge >= 0.3 is 0 Å². The van der Waals surface area contributed by atoms with Gasteiger partial charge in [-0.15, -0.1) is 11.3 Å². The molecule has 2 heterocycles. The van der Waals surface area contributed by atoms with Crippen LogP contribution in [0.5, 0.6) is 0 Å². The molecule has 2 N–H and O–H groups in total. The molecule has 0 fully saturated rings. The van der Waals surface area contributed by atoms with Gasteiger partial charge in [-0.05, 0) is 19.2 Å². The highest BCUT2D eigenvalue weighted by Gasteiger charge is 2.24. The molecular formula is C13H14N4OS. The number of aromatic nitrogens is 1. The van der Waals surface area contributed by atoms with Gasteiger partial charge in [0.25, 0.3) is 0 Å². The van der Waals surface area contributed by atoms with E-state index in [1.807, 2.05) is 42.4 Å². The molecule has 1 aliphatic rings. The molecule has 0 spiro atoms. The summed E-state index contributed by atoms with van der Waals surface area (Å²) in [5.41, 5.74) is 1.83. The lowest BCUT2D eigenvalue weighted by Crippen LogP contribution is -2.34. The van der Waals surface area contributed by atoms with Gasteiger partial charge in [-0.1, -0.05) is 12.1 Å². The highest BCUT2D eigenvalue weighted by Crippen LogP contribution is 2.36. The monoisotopic (exact) mass is 274 g/mol. The third-order valence-corrected chi connectivity index (χ3v) is 3.91. The van der Waals surface area contributed by atoms with Gasteiger partial charge in [0.05, 0.1) is 11.4 Å². The standard InChI is InChI=1S/C13H14N4OS/c1-14-6-9-7-15-13(19-9)17-8-12(18)16-10-4-2-3-5-11(10)17/h2-5,7,14H,6,8H2,1H3,(H,16,18). The largest absolute Gasteiger partial charge is 0.323 e. The maximum atomic E-state index is 11.8. The van der Waals surface area contributed by atoms with Gasteiger partial charge in [0.2, 0.25) is 5.91 Å². The van der Waals surface area contributed by atoms with Crippen molar-refractivity contribution in [3.05, 3.63) is 35.3 Å². The van der Waals surface area contributed by atoms with Crippen molar-refractivity contribution in [2.45, 2.75) is 6.54 Å². The van der Waals surface area contributed by atoms with Crippen LogP contribution in [-0.4, -0.2) is 24.5 Å². The van der Waals surface area contributed by atoms with E-state index in [1.54, 1.807) is 11.3 Å². The maximum Gasteiger partial charge on any atom is 0.244 e. The van der Waals surface area contributed by atoms with E-state index >= 15 is 0 Å². The number of benzene rings is 1. The number of amides is 1. The van der Waals surface area contributed by atoms with Gasteiger partial charge in [-0.2, -0.15) is 0 Å². The number of carbonyl (C=O) groups is 1.